The lowest BCUT2D eigenvalue weighted by atomic mass is 9.93. The number of hydrogen-bond acceptors (Lipinski definition) is 2. The zero-order valence-electron chi connectivity index (χ0n) is 9.05. The van der Waals surface area contributed by atoms with E-state index < -0.39 is 0 Å². The number of carbonyl (C=O) groups excluding carboxylic acids is 1. The maximum atomic E-state index is 11.6. The van der Waals surface area contributed by atoms with Crippen LogP contribution in [0.5, 0.6) is 0 Å². The smallest absolute Gasteiger partial charge is 0.223 e. The Morgan fingerprint density at radius 3 is 2.79 bits per heavy atom. The molecule has 14 heavy (non-hydrogen) atoms. The molecule has 1 atom stereocenters. The Balaban J connectivity index is 2.31. The second-order valence-corrected chi connectivity index (χ2v) is 4.69. The fourth-order valence-corrected chi connectivity index (χ4v) is 1.49. The molecule has 0 saturated carbocycles. The highest BCUT2D eigenvalue weighted by atomic mass is 16.1. The fourth-order valence-electron chi connectivity index (χ4n) is 1.49. The van der Waals surface area contributed by atoms with Crippen LogP contribution >= 0.6 is 0 Å². The van der Waals surface area contributed by atoms with Crippen molar-refractivity contribution in [3.05, 3.63) is 12.2 Å². The molecular weight excluding hydrogens is 176 g/mol. The molecule has 1 aliphatic carbocycles. The normalized spacial score (nSPS) is 22.1. The molecule has 80 valence electrons. The van der Waals surface area contributed by atoms with Gasteiger partial charge >= 0.3 is 0 Å². The van der Waals surface area contributed by atoms with Crippen molar-refractivity contribution in [2.24, 2.45) is 11.7 Å². The number of amides is 1. The zero-order valence-corrected chi connectivity index (χ0v) is 9.05. The first-order valence-electron chi connectivity index (χ1n) is 5.20. The summed E-state index contributed by atoms with van der Waals surface area (Å²) in [5.41, 5.74) is 5.47. The first-order chi connectivity index (χ1) is 6.49. The lowest BCUT2D eigenvalue weighted by Crippen LogP contribution is -2.46. The number of rotatable bonds is 3. The van der Waals surface area contributed by atoms with Gasteiger partial charge in [0.2, 0.25) is 5.91 Å². The summed E-state index contributed by atoms with van der Waals surface area (Å²) >= 11 is 0. The van der Waals surface area contributed by atoms with E-state index in [4.69, 9.17) is 5.73 Å². The van der Waals surface area contributed by atoms with Crippen LogP contribution in [0.1, 0.15) is 33.1 Å². The summed E-state index contributed by atoms with van der Waals surface area (Å²) in [6.45, 7) is 4.37. The average molecular weight is 196 g/mol. The molecule has 0 aromatic carbocycles. The number of nitrogens with one attached hydrogen (secondary N) is 1. The van der Waals surface area contributed by atoms with Crippen molar-refractivity contribution in [1.82, 2.24) is 5.32 Å². The monoisotopic (exact) mass is 196 g/mol. The lowest BCUT2D eigenvalue weighted by molar-refractivity contribution is -0.125. The number of allylic oxidation sites excluding steroid dienone is 2. The Morgan fingerprint density at radius 1 is 1.57 bits per heavy atom. The molecule has 3 heteroatoms. The van der Waals surface area contributed by atoms with Gasteiger partial charge in [0.25, 0.3) is 0 Å². The van der Waals surface area contributed by atoms with E-state index in [0.29, 0.717) is 6.54 Å². The first-order valence-corrected chi connectivity index (χ1v) is 5.20. The summed E-state index contributed by atoms with van der Waals surface area (Å²) in [5.74, 6) is 0.301. The highest BCUT2D eigenvalue weighted by molar-refractivity contribution is 5.79. The van der Waals surface area contributed by atoms with Crippen molar-refractivity contribution in [2.45, 2.75) is 38.6 Å². The van der Waals surface area contributed by atoms with Crippen molar-refractivity contribution in [3.8, 4) is 0 Å². The topological polar surface area (TPSA) is 55.1 Å². The predicted molar refractivity (Wildman–Crippen MR) is 57.8 cm³/mol. The summed E-state index contributed by atoms with van der Waals surface area (Å²) in [6.07, 6.45) is 7.08. The Bertz CT molecular complexity index is 228. The maximum absolute atomic E-state index is 11.6. The van der Waals surface area contributed by atoms with Gasteiger partial charge in [0, 0.05) is 18.0 Å². The molecule has 0 bridgehead atoms. The molecule has 1 rings (SSSR count). The quantitative estimate of drug-likeness (QED) is 0.666. The second-order valence-electron chi connectivity index (χ2n) is 4.69. The maximum Gasteiger partial charge on any atom is 0.223 e. The molecule has 1 aliphatic rings. The zero-order chi connectivity index (χ0) is 10.6. The molecule has 3 nitrogen and oxygen atoms in total. The van der Waals surface area contributed by atoms with Gasteiger partial charge in [-0.05, 0) is 33.1 Å². The Kier molecular flexibility index (Phi) is 3.69. The van der Waals surface area contributed by atoms with Gasteiger partial charge in [-0.15, -0.1) is 0 Å². The Morgan fingerprint density at radius 2 is 2.29 bits per heavy atom. The molecule has 1 unspecified atom stereocenters. The summed E-state index contributed by atoms with van der Waals surface area (Å²) in [6, 6.07) is 0. The van der Waals surface area contributed by atoms with E-state index >= 15 is 0 Å². The third kappa shape index (κ3) is 3.92. The largest absolute Gasteiger partial charge is 0.354 e. The molecule has 0 saturated heterocycles. The van der Waals surface area contributed by atoms with Gasteiger partial charge < -0.3 is 11.1 Å². The van der Waals surface area contributed by atoms with E-state index in [-0.39, 0.29) is 17.4 Å². The van der Waals surface area contributed by atoms with Gasteiger partial charge in [-0.3, -0.25) is 4.79 Å². The Labute approximate surface area is 85.7 Å². The minimum atomic E-state index is -0.319. The summed E-state index contributed by atoms with van der Waals surface area (Å²) in [4.78, 5) is 11.6. The van der Waals surface area contributed by atoms with Crippen LogP contribution in [0.15, 0.2) is 12.2 Å². The lowest BCUT2D eigenvalue weighted by Gasteiger charge is -2.22. The summed E-state index contributed by atoms with van der Waals surface area (Å²) in [5, 5.41) is 2.89. The molecule has 0 spiro atoms. The van der Waals surface area contributed by atoms with E-state index in [2.05, 4.69) is 17.5 Å². The molecule has 0 heterocycles. The number of nitrogens with two attached hydrogens (primary N) is 1. The fraction of sp³-hybridized carbons (Fsp3) is 0.727. The van der Waals surface area contributed by atoms with Crippen LogP contribution in [0, 0.1) is 5.92 Å². The SMILES string of the molecule is CC(C)(N)CNC(=O)C1CC=CCC1. The molecule has 0 aliphatic heterocycles. The third-order valence-corrected chi connectivity index (χ3v) is 2.36. The van der Waals surface area contributed by atoms with Crippen molar-refractivity contribution in [3.63, 3.8) is 0 Å². The Hall–Kier alpha value is -0.830. The molecule has 0 radical (unpaired) electrons. The van der Waals surface area contributed by atoms with E-state index in [1.165, 1.54) is 0 Å². The van der Waals surface area contributed by atoms with Crippen molar-refractivity contribution in [1.29, 1.82) is 0 Å². The van der Waals surface area contributed by atoms with Crippen molar-refractivity contribution >= 4 is 5.91 Å². The van der Waals surface area contributed by atoms with Crippen molar-refractivity contribution in [2.75, 3.05) is 6.54 Å². The van der Waals surface area contributed by atoms with E-state index in [1.807, 2.05) is 13.8 Å². The van der Waals surface area contributed by atoms with Crippen molar-refractivity contribution < 1.29 is 4.79 Å². The molecule has 0 aromatic rings. The average Bonchev–Trinajstić information content (AvgIpc) is 2.14. The van der Waals surface area contributed by atoms with Crippen LogP contribution in [-0.4, -0.2) is 18.0 Å². The van der Waals surface area contributed by atoms with Gasteiger partial charge in [0.1, 0.15) is 0 Å². The molecule has 1 amide bonds. The molecule has 0 fully saturated rings. The highest BCUT2D eigenvalue weighted by Crippen LogP contribution is 2.17. The third-order valence-electron chi connectivity index (χ3n) is 2.36. The van der Waals surface area contributed by atoms with Gasteiger partial charge in [-0.25, -0.2) is 0 Å². The van der Waals surface area contributed by atoms with Gasteiger partial charge in [-0.2, -0.15) is 0 Å². The number of hydrogen-bond donors (Lipinski definition) is 2. The second kappa shape index (κ2) is 4.60. The van der Waals surface area contributed by atoms with E-state index in [9.17, 15) is 4.79 Å². The number of carbonyl (C=O) groups is 1. The van der Waals surface area contributed by atoms with E-state index in [0.717, 1.165) is 19.3 Å². The molecule has 3 N–H and O–H groups in total. The minimum absolute atomic E-state index is 0.146. The molecular formula is C11H20N2O. The summed E-state index contributed by atoms with van der Waals surface area (Å²) < 4.78 is 0. The van der Waals surface area contributed by atoms with Crippen LogP contribution in [0.3, 0.4) is 0 Å². The van der Waals surface area contributed by atoms with Crippen LogP contribution in [0.25, 0.3) is 0 Å². The standard InChI is InChI=1S/C11H20N2O/c1-11(2,12)8-13-10(14)9-6-4-3-5-7-9/h3-4,9H,5-8,12H2,1-2H3,(H,13,14). The van der Waals surface area contributed by atoms with Gasteiger partial charge in [0.05, 0.1) is 0 Å². The van der Waals surface area contributed by atoms with E-state index in [1.54, 1.807) is 0 Å². The predicted octanol–water partition coefficient (Wildman–Crippen LogP) is 1.20. The van der Waals surface area contributed by atoms with Crippen LogP contribution in [0.2, 0.25) is 0 Å². The van der Waals surface area contributed by atoms with Gasteiger partial charge in [-0.1, -0.05) is 12.2 Å². The highest BCUT2D eigenvalue weighted by Gasteiger charge is 2.20. The van der Waals surface area contributed by atoms with Crippen LogP contribution in [0.4, 0.5) is 0 Å². The van der Waals surface area contributed by atoms with Gasteiger partial charge in [0.15, 0.2) is 0 Å². The van der Waals surface area contributed by atoms with Crippen LogP contribution in [-0.2, 0) is 4.79 Å². The first kappa shape index (κ1) is 11.2. The molecule has 0 aromatic heterocycles. The van der Waals surface area contributed by atoms with Crippen LogP contribution < -0.4 is 11.1 Å². The summed E-state index contributed by atoms with van der Waals surface area (Å²) in [7, 11) is 0. The minimum Gasteiger partial charge on any atom is -0.354 e.